The molecule has 1 N–H and O–H groups in total. The van der Waals surface area contributed by atoms with Gasteiger partial charge < -0.3 is 14.3 Å². The zero-order valence-corrected chi connectivity index (χ0v) is 11.1. The van der Waals surface area contributed by atoms with E-state index in [4.69, 9.17) is 14.3 Å². The molecule has 1 aliphatic carbocycles. The molecule has 0 saturated heterocycles. The minimum absolute atomic E-state index is 0.362. The molecule has 0 aliphatic heterocycles. The number of ether oxygens (including phenoxy) is 1. The highest BCUT2D eigenvalue weighted by molar-refractivity contribution is 5.70. The van der Waals surface area contributed by atoms with Crippen LogP contribution in [0.15, 0.2) is 28.7 Å². The van der Waals surface area contributed by atoms with Crippen LogP contribution in [0.5, 0.6) is 5.75 Å². The van der Waals surface area contributed by atoms with E-state index in [9.17, 15) is 4.79 Å². The van der Waals surface area contributed by atoms with E-state index < -0.39 is 5.97 Å². The van der Waals surface area contributed by atoms with Gasteiger partial charge in [-0.15, -0.1) is 0 Å². The summed E-state index contributed by atoms with van der Waals surface area (Å²) >= 11 is 0. The van der Waals surface area contributed by atoms with Crippen LogP contribution in [0.25, 0.3) is 11.5 Å². The molecular formula is C15H15NO4. The summed E-state index contributed by atoms with van der Waals surface area (Å²) in [4.78, 5) is 15.5. The second-order valence-electron chi connectivity index (χ2n) is 4.90. The second-order valence-corrected chi connectivity index (χ2v) is 4.90. The number of nitrogens with zero attached hydrogens (tertiary/aromatic N) is 1. The number of benzene rings is 1. The van der Waals surface area contributed by atoms with Gasteiger partial charge in [0.15, 0.2) is 0 Å². The van der Waals surface area contributed by atoms with Gasteiger partial charge >= 0.3 is 5.97 Å². The van der Waals surface area contributed by atoms with E-state index in [2.05, 4.69) is 4.98 Å². The predicted molar refractivity (Wildman–Crippen MR) is 71.6 cm³/mol. The Morgan fingerprint density at radius 2 is 2.15 bits per heavy atom. The van der Waals surface area contributed by atoms with Crippen LogP contribution in [0.2, 0.25) is 0 Å². The largest absolute Gasteiger partial charge is 0.497 e. The van der Waals surface area contributed by atoms with Gasteiger partial charge in [-0.1, -0.05) is 0 Å². The van der Waals surface area contributed by atoms with Crippen LogP contribution >= 0.6 is 0 Å². The van der Waals surface area contributed by atoms with E-state index in [-0.39, 0.29) is 5.92 Å². The Labute approximate surface area is 116 Å². The van der Waals surface area contributed by atoms with Crippen molar-refractivity contribution in [3.8, 4) is 17.2 Å². The van der Waals surface area contributed by atoms with Crippen LogP contribution in [0, 0.1) is 5.92 Å². The topological polar surface area (TPSA) is 72.6 Å². The standard InChI is InChI=1S/C15H15NO4/c1-19-11-5-2-9(3-6-11)14-16-12-7-4-10(15(17)18)8-13(12)20-14/h2-3,5-6,10H,4,7-8H2,1H3,(H,17,18). The molecule has 1 aromatic carbocycles. The van der Waals surface area contributed by atoms with Gasteiger partial charge in [-0.25, -0.2) is 4.98 Å². The Morgan fingerprint density at radius 1 is 1.40 bits per heavy atom. The van der Waals surface area contributed by atoms with Crippen molar-refractivity contribution in [3.63, 3.8) is 0 Å². The van der Waals surface area contributed by atoms with Crippen molar-refractivity contribution < 1.29 is 19.1 Å². The van der Waals surface area contributed by atoms with Gasteiger partial charge in [-0.05, 0) is 37.1 Å². The van der Waals surface area contributed by atoms with Crippen molar-refractivity contribution in [3.05, 3.63) is 35.7 Å². The zero-order chi connectivity index (χ0) is 14.1. The van der Waals surface area contributed by atoms with Crippen molar-refractivity contribution in [1.29, 1.82) is 0 Å². The lowest BCUT2D eigenvalue weighted by atomic mass is 9.91. The maximum Gasteiger partial charge on any atom is 0.306 e. The van der Waals surface area contributed by atoms with Crippen LogP contribution < -0.4 is 4.74 Å². The summed E-state index contributed by atoms with van der Waals surface area (Å²) in [5, 5.41) is 9.07. The highest BCUT2D eigenvalue weighted by Crippen LogP contribution is 2.30. The molecule has 20 heavy (non-hydrogen) atoms. The minimum Gasteiger partial charge on any atom is -0.497 e. The van der Waals surface area contributed by atoms with E-state index in [1.54, 1.807) is 7.11 Å². The normalized spacial score (nSPS) is 17.6. The Hall–Kier alpha value is -2.30. The highest BCUT2D eigenvalue weighted by Gasteiger charge is 2.28. The number of carboxylic acids is 1. The summed E-state index contributed by atoms with van der Waals surface area (Å²) in [6.07, 6.45) is 1.71. The zero-order valence-electron chi connectivity index (χ0n) is 11.1. The molecular weight excluding hydrogens is 258 g/mol. The maximum absolute atomic E-state index is 11.0. The van der Waals surface area contributed by atoms with Gasteiger partial charge in [0.1, 0.15) is 11.5 Å². The van der Waals surface area contributed by atoms with Crippen molar-refractivity contribution in [2.24, 2.45) is 5.92 Å². The Morgan fingerprint density at radius 3 is 2.80 bits per heavy atom. The number of aliphatic carboxylic acids is 1. The van der Waals surface area contributed by atoms with E-state index in [1.807, 2.05) is 24.3 Å². The number of rotatable bonds is 3. The first-order valence-electron chi connectivity index (χ1n) is 6.53. The summed E-state index contributed by atoms with van der Waals surface area (Å²) in [7, 11) is 1.62. The quantitative estimate of drug-likeness (QED) is 0.930. The minimum atomic E-state index is -0.766. The maximum atomic E-state index is 11.0. The molecule has 0 amide bonds. The lowest BCUT2D eigenvalue weighted by Crippen LogP contribution is -2.21. The lowest BCUT2D eigenvalue weighted by molar-refractivity contribution is -0.142. The third-order valence-electron chi connectivity index (χ3n) is 3.63. The third kappa shape index (κ3) is 2.27. The number of carboxylic acid groups (broad SMARTS) is 1. The summed E-state index contributed by atoms with van der Waals surface area (Å²) in [6, 6.07) is 7.45. The first-order valence-corrected chi connectivity index (χ1v) is 6.53. The average Bonchev–Trinajstić information content (AvgIpc) is 2.90. The Bertz CT molecular complexity index is 630. The van der Waals surface area contributed by atoms with Gasteiger partial charge in [0.25, 0.3) is 0 Å². The average molecular weight is 273 g/mol. The SMILES string of the molecule is COc1ccc(-c2nc3c(o2)CC(C(=O)O)CC3)cc1. The van der Waals surface area contributed by atoms with Crippen LogP contribution in [-0.4, -0.2) is 23.2 Å². The smallest absolute Gasteiger partial charge is 0.306 e. The van der Waals surface area contributed by atoms with E-state index in [0.717, 1.165) is 17.0 Å². The fourth-order valence-electron chi connectivity index (χ4n) is 2.44. The molecule has 104 valence electrons. The number of carbonyl (C=O) groups is 1. The molecule has 1 atom stereocenters. The van der Waals surface area contributed by atoms with Crippen LogP contribution in [0.4, 0.5) is 0 Å². The number of fused-ring (bicyclic) bond motifs is 1. The van der Waals surface area contributed by atoms with Crippen molar-refractivity contribution in [2.75, 3.05) is 7.11 Å². The molecule has 0 bridgehead atoms. The summed E-state index contributed by atoms with van der Waals surface area (Å²) < 4.78 is 10.8. The highest BCUT2D eigenvalue weighted by atomic mass is 16.5. The van der Waals surface area contributed by atoms with Crippen LogP contribution in [-0.2, 0) is 17.6 Å². The molecule has 3 rings (SSSR count). The van der Waals surface area contributed by atoms with Crippen LogP contribution in [0.1, 0.15) is 17.9 Å². The molecule has 5 heteroatoms. The molecule has 2 aromatic rings. The summed E-state index contributed by atoms with van der Waals surface area (Å²) in [6.45, 7) is 0. The monoisotopic (exact) mass is 273 g/mol. The molecule has 5 nitrogen and oxygen atoms in total. The van der Waals surface area contributed by atoms with Gasteiger partial charge in [-0.2, -0.15) is 0 Å². The lowest BCUT2D eigenvalue weighted by Gasteiger charge is -2.15. The van der Waals surface area contributed by atoms with Gasteiger partial charge in [0.2, 0.25) is 5.89 Å². The number of oxazole rings is 1. The fourth-order valence-corrected chi connectivity index (χ4v) is 2.44. The number of aromatic nitrogens is 1. The molecule has 1 aromatic heterocycles. The van der Waals surface area contributed by atoms with E-state index >= 15 is 0 Å². The molecule has 1 heterocycles. The van der Waals surface area contributed by atoms with Gasteiger partial charge in [0.05, 0.1) is 18.7 Å². The van der Waals surface area contributed by atoms with E-state index in [1.165, 1.54) is 0 Å². The van der Waals surface area contributed by atoms with Crippen molar-refractivity contribution in [2.45, 2.75) is 19.3 Å². The number of hydrogen-bond donors (Lipinski definition) is 1. The summed E-state index contributed by atoms with van der Waals surface area (Å²) in [5.41, 5.74) is 1.75. The fraction of sp³-hybridized carbons (Fsp3) is 0.333. The Kier molecular flexibility index (Phi) is 3.18. The number of methoxy groups -OCH3 is 1. The molecule has 1 aliphatic rings. The second kappa shape index (κ2) is 5.00. The number of aryl methyl sites for hydroxylation is 1. The molecule has 0 fully saturated rings. The van der Waals surface area contributed by atoms with Crippen LogP contribution in [0.3, 0.4) is 0 Å². The number of hydrogen-bond acceptors (Lipinski definition) is 4. The first kappa shape index (κ1) is 12.7. The van der Waals surface area contributed by atoms with E-state index in [0.29, 0.717) is 30.9 Å². The first-order chi connectivity index (χ1) is 9.67. The molecule has 0 saturated carbocycles. The predicted octanol–water partition coefficient (Wildman–Crippen LogP) is 2.54. The van der Waals surface area contributed by atoms with Gasteiger partial charge in [-0.3, -0.25) is 4.79 Å². The third-order valence-corrected chi connectivity index (χ3v) is 3.63. The van der Waals surface area contributed by atoms with Gasteiger partial charge in [0, 0.05) is 12.0 Å². The molecule has 1 unspecified atom stereocenters. The summed E-state index contributed by atoms with van der Waals surface area (Å²) in [5.74, 6) is 0.895. The van der Waals surface area contributed by atoms with Crippen molar-refractivity contribution in [1.82, 2.24) is 4.98 Å². The molecule has 0 radical (unpaired) electrons. The van der Waals surface area contributed by atoms with Crippen molar-refractivity contribution >= 4 is 5.97 Å². The Balaban J connectivity index is 1.87. The molecule has 0 spiro atoms.